The van der Waals surface area contributed by atoms with Gasteiger partial charge in [0, 0.05) is 10.4 Å². The maximum Gasteiger partial charge on any atom is 0.123 e. The van der Waals surface area contributed by atoms with Gasteiger partial charge in [-0.1, -0.05) is 24.4 Å². The first kappa shape index (κ1) is 12.2. The van der Waals surface area contributed by atoms with Crippen LogP contribution in [0.3, 0.4) is 0 Å². The molecule has 88 valence electrons. The summed E-state index contributed by atoms with van der Waals surface area (Å²) in [4.78, 5) is 0. The zero-order valence-corrected chi connectivity index (χ0v) is 10.6. The van der Waals surface area contributed by atoms with E-state index in [0.29, 0.717) is 10.9 Å². The van der Waals surface area contributed by atoms with Crippen LogP contribution in [0.25, 0.3) is 0 Å². The molecule has 2 unspecified atom stereocenters. The summed E-state index contributed by atoms with van der Waals surface area (Å²) in [5, 5.41) is 0.948. The molecule has 0 N–H and O–H groups in total. The van der Waals surface area contributed by atoms with Crippen LogP contribution < -0.4 is 0 Å². The predicted octanol–water partition coefficient (Wildman–Crippen LogP) is 4.82. The van der Waals surface area contributed by atoms with E-state index < -0.39 is 0 Å². The van der Waals surface area contributed by atoms with Crippen LogP contribution in [0.1, 0.15) is 31.2 Å². The SMILES string of the molecule is Fc1ccc(Cl)c(CC2CCCC(Cl)C2)c1. The summed E-state index contributed by atoms with van der Waals surface area (Å²) in [6, 6.07) is 4.57. The average molecular weight is 261 g/mol. The summed E-state index contributed by atoms with van der Waals surface area (Å²) in [6.45, 7) is 0. The molecule has 1 aliphatic carbocycles. The Morgan fingerprint density at radius 3 is 2.88 bits per heavy atom. The topological polar surface area (TPSA) is 0 Å². The van der Waals surface area contributed by atoms with Crippen LogP contribution in [0.5, 0.6) is 0 Å². The van der Waals surface area contributed by atoms with Crippen LogP contribution in [0.4, 0.5) is 4.39 Å². The number of halogens is 3. The third-order valence-corrected chi connectivity index (χ3v) is 4.00. The van der Waals surface area contributed by atoms with Crippen LogP contribution in [-0.4, -0.2) is 5.38 Å². The highest BCUT2D eigenvalue weighted by molar-refractivity contribution is 6.31. The van der Waals surface area contributed by atoms with Crippen molar-refractivity contribution in [1.29, 1.82) is 0 Å². The van der Waals surface area contributed by atoms with E-state index in [0.717, 1.165) is 24.8 Å². The molecule has 0 amide bonds. The Bertz CT molecular complexity index is 365. The van der Waals surface area contributed by atoms with Crippen molar-refractivity contribution in [2.24, 2.45) is 5.92 Å². The molecule has 3 heteroatoms. The first-order valence-corrected chi connectivity index (χ1v) is 6.54. The lowest BCUT2D eigenvalue weighted by Crippen LogP contribution is -2.17. The second-order valence-electron chi connectivity index (χ2n) is 4.57. The third kappa shape index (κ3) is 3.11. The molecule has 0 radical (unpaired) electrons. The monoisotopic (exact) mass is 260 g/mol. The van der Waals surface area contributed by atoms with Gasteiger partial charge in [0.2, 0.25) is 0 Å². The molecular formula is C13H15Cl2F. The van der Waals surface area contributed by atoms with Gasteiger partial charge in [0.1, 0.15) is 5.82 Å². The predicted molar refractivity (Wildman–Crippen MR) is 66.7 cm³/mol. The third-order valence-electron chi connectivity index (χ3n) is 3.24. The maximum absolute atomic E-state index is 13.1. The molecule has 0 bridgehead atoms. The molecule has 16 heavy (non-hydrogen) atoms. The van der Waals surface area contributed by atoms with E-state index in [9.17, 15) is 4.39 Å². The van der Waals surface area contributed by atoms with Gasteiger partial charge in [0.15, 0.2) is 0 Å². The van der Waals surface area contributed by atoms with Crippen molar-refractivity contribution in [1.82, 2.24) is 0 Å². The zero-order chi connectivity index (χ0) is 11.5. The van der Waals surface area contributed by atoms with Gasteiger partial charge < -0.3 is 0 Å². The fourth-order valence-electron chi connectivity index (χ4n) is 2.42. The van der Waals surface area contributed by atoms with Crippen molar-refractivity contribution in [2.45, 2.75) is 37.5 Å². The lowest BCUT2D eigenvalue weighted by molar-refractivity contribution is 0.361. The van der Waals surface area contributed by atoms with E-state index in [1.54, 1.807) is 12.1 Å². The van der Waals surface area contributed by atoms with Crippen molar-refractivity contribution < 1.29 is 4.39 Å². The van der Waals surface area contributed by atoms with E-state index in [2.05, 4.69) is 0 Å². The van der Waals surface area contributed by atoms with Gasteiger partial charge in [-0.05, 0) is 48.9 Å². The van der Waals surface area contributed by atoms with Gasteiger partial charge in [-0.15, -0.1) is 11.6 Å². The summed E-state index contributed by atoms with van der Waals surface area (Å²) in [5.41, 5.74) is 0.914. The molecule has 0 aromatic heterocycles. The summed E-state index contributed by atoms with van der Waals surface area (Å²) in [5.74, 6) is 0.341. The largest absolute Gasteiger partial charge is 0.207 e. The van der Waals surface area contributed by atoms with Crippen LogP contribution >= 0.6 is 23.2 Å². The Morgan fingerprint density at radius 1 is 1.31 bits per heavy atom. The van der Waals surface area contributed by atoms with Gasteiger partial charge >= 0.3 is 0 Å². The number of hydrogen-bond acceptors (Lipinski definition) is 0. The Morgan fingerprint density at radius 2 is 2.12 bits per heavy atom. The molecule has 0 aliphatic heterocycles. The minimum absolute atomic E-state index is 0.211. The number of alkyl halides is 1. The molecule has 2 rings (SSSR count). The lowest BCUT2D eigenvalue weighted by Gasteiger charge is -2.25. The normalized spacial score (nSPS) is 25.7. The first-order chi connectivity index (χ1) is 7.65. The second kappa shape index (κ2) is 5.37. The minimum atomic E-state index is -0.211. The summed E-state index contributed by atoms with van der Waals surface area (Å²) in [6.07, 6.45) is 5.32. The van der Waals surface area contributed by atoms with Crippen molar-refractivity contribution in [2.75, 3.05) is 0 Å². The molecule has 1 saturated carbocycles. The molecule has 0 spiro atoms. The Kier molecular flexibility index (Phi) is 4.10. The van der Waals surface area contributed by atoms with E-state index in [4.69, 9.17) is 23.2 Å². The highest BCUT2D eigenvalue weighted by Crippen LogP contribution is 2.32. The fraction of sp³-hybridized carbons (Fsp3) is 0.538. The highest BCUT2D eigenvalue weighted by atomic mass is 35.5. The van der Waals surface area contributed by atoms with E-state index >= 15 is 0 Å². The number of rotatable bonds is 2. The van der Waals surface area contributed by atoms with E-state index in [-0.39, 0.29) is 11.2 Å². The van der Waals surface area contributed by atoms with Crippen molar-refractivity contribution in [3.63, 3.8) is 0 Å². The standard InChI is InChI=1S/C13H15Cl2F/c14-11-3-1-2-9(7-11)6-10-8-12(16)4-5-13(10)15/h4-5,8-9,11H,1-3,6-7H2. The van der Waals surface area contributed by atoms with Gasteiger partial charge in [0.25, 0.3) is 0 Å². The smallest absolute Gasteiger partial charge is 0.123 e. The molecule has 0 nitrogen and oxygen atoms in total. The maximum atomic E-state index is 13.1. The molecule has 1 aromatic rings. The summed E-state index contributed by atoms with van der Waals surface area (Å²) in [7, 11) is 0. The molecular weight excluding hydrogens is 246 g/mol. The van der Waals surface area contributed by atoms with Gasteiger partial charge in [0.05, 0.1) is 0 Å². The van der Waals surface area contributed by atoms with Crippen LogP contribution in [0.15, 0.2) is 18.2 Å². The quantitative estimate of drug-likeness (QED) is 0.669. The van der Waals surface area contributed by atoms with Crippen molar-refractivity contribution in [3.8, 4) is 0 Å². The molecule has 1 fully saturated rings. The number of hydrogen-bond donors (Lipinski definition) is 0. The first-order valence-electron chi connectivity index (χ1n) is 5.73. The van der Waals surface area contributed by atoms with Crippen LogP contribution in [-0.2, 0) is 6.42 Å². The fourth-order valence-corrected chi connectivity index (χ4v) is 3.02. The van der Waals surface area contributed by atoms with Crippen LogP contribution in [0, 0.1) is 11.7 Å². The Balaban J connectivity index is 2.05. The van der Waals surface area contributed by atoms with Crippen molar-refractivity contribution in [3.05, 3.63) is 34.6 Å². The average Bonchev–Trinajstić information content (AvgIpc) is 2.24. The van der Waals surface area contributed by atoms with Gasteiger partial charge in [-0.2, -0.15) is 0 Å². The highest BCUT2D eigenvalue weighted by Gasteiger charge is 2.21. The molecule has 1 aromatic carbocycles. The molecule has 2 atom stereocenters. The Labute approximate surface area is 106 Å². The van der Waals surface area contributed by atoms with E-state index in [1.807, 2.05) is 0 Å². The lowest BCUT2D eigenvalue weighted by atomic mass is 9.84. The second-order valence-corrected chi connectivity index (χ2v) is 5.59. The molecule has 0 heterocycles. The van der Waals surface area contributed by atoms with E-state index in [1.165, 1.54) is 18.9 Å². The van der Waals surface area contributed by atoms with Crippen molar-refractivity contribution >= 4 is 23.2 Å². The molecule has 1 aliphatic rings. The zero-order valence-electron chi connectivity index (χ0n) is 9.06. The Hall–Kier alpha value is -0.270. The van der Waals surface area contributed by atoms with Gasteiger partial charge in [-0.3, -0.25) is 0 Å². The van der Waals surface area contributed by atoms with Crippen LogP contribution in [0.2, 0.25) is 5.02 Å². The number of benzene rings is 1. The minimum Gasteiger partial charge on any atom is -0.207 e. The molecule has 0 saturated heterocycles. The van der Waals surface area contributed by atoms with Gasteiger partial charge in [-0.25, -0.2) is 4.39 Å². The summed E-state index contributed by atoms with van der Waals surface area (Å²) < 4.78 is 13.1. The summed E-state index contributed by atoms with van der Waals surface area (Å²) >= 11 is 12.2.